The van der Waals surface area contributed by atoms with Crippen LogP contribution in [0, 0.1) is 6.92 Å². The van der Waals surface area contributed by atoms with Crippen LogP contribution in [-0.4, -0.2) is 21.4 Å². The maximum absolute atomic E-state index is 12.3. The van der Waals surface area contributed by atoms with Crippen LogP contribution in [0.5, 0.6) is 0 Å². The molecule has 0 aliphatic heterocycles. The summed E-state index contributed by atoms with van der Waals surface area (Å²) in [6.07, 6.45) is 0. The zero-order valence-corrected chi connectivity index (χ0v) is 15.3. The van der Waals surface area contributed by atoms with Gasteiger partial charge in [-0.3, -0.25) is 4.79 Å². The summed E-state index contributed by atoms with van der Waals surface area (Å²) in [5.41, 5.74) is 2.96. The molecule has 5 heteroatoms. The number of benzene rings is 1. The van der Waals surface area contributed by atoms with E-state index in [1.54, 1.807) is 6.07 Å². The van der Waals surface area contributed by atoms with Crippen LogP contribution in [0.2, 0.25) is 0 Å². The maximum Gasteiger partial charge on any atom is 0.270 e. The Kier molecular flexibility index (Phi) is 5.22. The van der Waals surface area contributed by atoms with Crippen molar-refractivity contribution in [3.63, 3.8) is 0 Å². The number of amides is 1. The molecule has 0 atom stereocenters. The molecule has 2 aromatic rings. The molecular formula is C19H26N4O. The van der Waals surface area contributed by atoms with E-state index in [9.17, 15) is 4.79 Å². The van der Waals surface area contributed by atoms with Crippen molar-refractivity contribution < 1.29 is 4.79 Å². The molecule has 0 fully saturated rings. The van der Waals surface area contributed by atoms with Crippen LogP contribution in [-0.2, 0) is 0 Å². The van der Waals surface area contributed by atoms with Crippen molar-refractivity contribution in [1.29, 1.82) is 0 Å². The van der Waals surface area contributed by atoms with Gasteiger partial charge in [-0.05, 0) is 57.4 Å². The summed E-state index contributed by atoms with van der Waals surface area (Å²) in [5, 5.41) is 6.08. The molecule has 5 nitrogen and oxygen atoms in total. The number of carbonyl (C=O) groups is 1. The molecule has 0 aliphatic carbocycles. The lowest BCUT2D eigenvalue weighted by atomic mass is 10.0. The molecule has 1 amide bonds. The first kappa shape index (κ1) is 17.9. The van der Waals surface area contributed by atoms with Gasteiger partial charge in [0.05, 0.1) is 0 Å². The smallest absolute Gasteiger partial charge is 0.270 e. The second-order valence-corrected chi connectivity index (χ2v) is 7.32. The van der Waals surface area contributed by atoms with Gasteiger partial charge in [0.15, 0.2) is 0 Å². The highest BCUT2D eigenvalue weighted by Gasteiger charge is 2.17. The third-order valence-electron chi connectivity index (χ3n) is 3.41. The van der Waals surface area contributed by atoms with Crippen molar-refractivity contribution in [2.45, 2.75) is 53.0 Å². The topological polar surface area (TPSA) is 66.9 Å². The number of hydrogen-bond donors (Lipinski definition) is 2. The minimum absolute atomic E-state index is 0.203. The van der Waals surface area contributed by atoms with E-state index < -0.39 is 0 Å². The second kappa shape index (κ2) is 6.99. The van der Waals surface area contributed by atoms with Crippen LogP contribution in [0.25, 0.3) is 0 Å². The predicted molar refractivity (Wildman–Crippen MR) is 97.8 cm³/mol. The van der Waals surface area contributed by atoms with Crippen molar-refractivity contribution in [1.82, 2.24) is 15.3 Å². The monoisotopic (exact) mass is 326 g/mol. The van der Waals surface area contributed by atoms with Gasteiger partial charge in [0, 0.05) is 16.9 Å². The van der Waals surface area contributed by atoms with Crippen LogP contribution >= 0.6 is 0 Å². The molecule has 0 unspecified atom stereocenters. The van der Waals surface area contributed by atoms with E-state index in [2.05, 4.69) is 46.6 Å². The Morgan fingerprint density at radius 2 is 1.71 bits per heavy atom. The van der Waals surface area contributed by atoms with Gasteiger partial charge in [-0.15, -0.1) is 0 Å². The molecule has 1 aromatic carbocycles. The Morgan fingerprint density at radius 3 is 2.25 bits per heavy atom. The lowest BCUT2D eigenvalue weighted by Gasteiger charge is -2.20. The van der Waals surface area contributed by atoms with E-state index in [0.29, 0.717) is 17.6 Å². The Morgan fingerprint density at radius 1 is 1.08 bits per heavy atom. The Hall–Kier alpha value is -2.43. The van der Waals surface area contributed by atoms with E-state index >= 15 is 0 Å². The highest BCUT2D eigenvalue weighted by Crippen LogP contribution is 2.19. The molecule has 1 aromatic heterocycles. The number of aromatic nitrogens is 2. The fraction of sp³-hybridized carbons (Fsp3) is 0.421. The quantitative estimate of drug-likeness (QED) is 0.884. The van der Waals surface area contributed by atoms with E-state index in [1.807, 2.05) is 39.8 Å². The van der Waals surface area contributed by atoms with Crippen LogP contribution in [0.15, 0.2) is 30.3 Å². The van der Waals surface area contributed by atoms with Gasteiger partial charge in [-0.1, -0.05) is 26.0 Å². The minimum atomic E-state index is -0.309. The van der Waals surface area contributed by atoms with Gasteiger partial charge in [0.1, 0.15) is 5.69 Å². The normalized spacial score (nSPS) is 11.5. The third kappa shape index (κ3) is 5.05. The largest absolute Gasteiger partial charge is 0.346 e. The lowest BCUT2D eigenvalue weighted by molar-refractivity contribution is 0.0914. The fourth-order valence-electron chi connectivity index (χ4n) is 2.23. The Bertz CT molecular complexity index is 715. The highest BCUT2D eigenvalue weighted by molar-refractivity contribution is 5.93. The molecule has 24 heavy (non-hydrogen) atoms. The average Bonchev–Trinajstić information content (AvgIpc) is 2.45. The number of anilines is 2. The molecule has 0 bridgehead atoms. The standard InChI is InChI=1S/C19H26N4O/c1-12(2)14-7-9-15(10-8-14)21-18-20-13(3)11-16(22-18)17(24)23-19(4,5)6/h7-12H,1-6H3,(H,23,24)(H,20,21,22). The number of rotatable bonds is 4. The van der Waals surface area contributed by atoms with Crippen molar-refractivity contribution in [3.05, 3.63) is 47.3 Å². The van der Waals surface area contributed by atoms with Crippen molar-refractivity contribution in [2.75, 3.05) is 5.32 Å². The molecule has 0 saturated carbocycles. The SMILES string of the molecule is Cc1cc(C(=O)NC(C)(C)C)nc(Nc2ccc(C(C)C)cc2)n1. The lowest BCUT2D eigenvalue weighted by Crippen LogP contribution is -2.41. The Balaban J connectivity index is 2.20. The molecule has 0 saturated heterocycles. The molecule has 0 spiro atoms. The zero-order valence-electron chi connectivity index (χ0n) is 15.3. The first-order valence-corrected chi connectivity index (χ1v) is 8.19. The van der Waals surface area contributed by atoms with Gasteiger partial charge in [0.25, 0.3) is 5.91 Å². The van der Waals surface area contributed by atoms with Crippen LogP contribution in [0.1, 0.15) is 62.3 Å². The molecule has 0 radical (unpaired) electrons. The molecule has 2 N–H and O–H groups in total. The third-order valence-corrected chi connectivity index (χ3v) is 3.41. The second-order valence-electron chi connectivity index (χ2n) is 7.32. The van der Waals surface area contributed by atoms with Gasteiger partial charge in [-0.2, -0.15) is 0 Å². The van der Waals surface area contributed by atoms with Crippen LogP contribution in [0.4, 0.5) is 11.6 Å². The van der Waals surface area contributed by atoms with E-state index in [0.717, 1.165) is 11.4 Å². The predicted octanol–water partition coefficient (Wildman–Crippen LogP) is 4.18. The van der Waals surface area contributed by atoms with Gasteiger partial charge >= 0.3 is 0 Å². The molecule has 0 aliphatic rings. The average molecular weight is 326 g/mol. The number of aryl methyl sites for hydroxylation is 1. The highest BCUT2D eigenvalue weighted by atomic mass is 16.2. The maximum atomic E-state index is 12.3. The molecular weight excluding hydrogens is 300 g/mol. The summed E-state index contributed by atoms with van der Waals surface area (Å²) in [4.78, 5) is 21.0. The summed E-state index contributed by atoms with van der Waals surface area (Å²) in [7, 11) is 0. The fourth-order valence-corrected chi connectivity index (χ4v) is 2.23. The first-order chi connectivity index (χ1) is 11.1. The summed E-state index contributed by atoms with van der Waals surface area (Å²) < 4.78 is 0. The zero-order chi connectivity index (χ0) is 17.9. The Labute approximate surface area is 143 Å². The summed E-state index contributed by atoms with van der Waals surface area (Å²) >= 11 is 0. The number of hydrogen-bond acceptors (Lipinski definition) is 4. The molecule has 2 rings (SSSR count). The van der Waals surface area contributed by atoms with E-state index in [-0.39, 0.29) is 11.4 Å². The number of carbonyl (C=O) groups excluding carboxylic acids is 1. The number of nitrogens with one attached hydrogen (secondary N) is 2. The van der Waals surface area contributed by atoms with Gasteiger partial charge in [0.2, 0.25) is 5.95 Å². The van der Waals surface area contributed by atoms with Crippen molar-refractivity contribution in [2.24, 2.45) is 0 Å². The van der Waals surface area contributed by atoms with Gasteiger partial charge in [-0.25, -0.2) is 9.97 Å². The van der Waals surface area contributed by atoms with E-state index in [4.69, 9.17) is 0 Å². The summed E-state index contributed by atoms with van der Waals surface area (Å²) in [5.74, 6) is 0.708. The van der Waals surface area contributed by atoms with E-state index in [1.165, 1.54) is 5.56 Å². The minimum Gasteiger partial charge on any atom is -0.346 e. The van der Waals surface area contributed by atoms with Gasteiger partial charge < -0.3 is 10.6 Å². The van der Waals surface area contributed by atoms with Crippen molar-refractivity contribution >= 4 is 17.5 Å². The molecule has 128 valence electrons. The van der Waals surface area contributed by atoms with Crippen LogP contribution in [0.3, 0.4) is 0 Å². The summed E-state index contributed by atoms with van der Waals surface area (Å²) in [6, 6.07) is 9.84. The molecule has 1 heterocycles. The van der Waals surface area contributed by atoms with Crippen LogP contribution < -0.4 is 10.6 Å². The first-order valence-electron chi connectivity index (χ1n) is 8.19. The summed E-state index contributed by atoms with van der Waals surface area (Å²) in [6.45, 7) is 12.0. The van der Waals surface area contributed by atoms with Crippen molar-refractivity contribution in [3.8, 4) is 0 Å². The number of nitrogens with zero attached hydrogens (tertiary/aromatic N) is 2.